The van der Waals surface area contributed by atoms with E-state index in [0.29, 0.717) is 27.8 Å². The summed E-state index contributed by atoms with van der Waals surface area (Å²) in [5.41, 5.74) is -11.0. The van der Waals surface area contributed by atoms with Gasteiger partial charge in [-0.05, 0) is 91.9 Å². The molecule has 7 fully saturated rings. The Kier molecular flexibility index (Phi) is 21.6. The highest BCUT2D eigenvalue weighted by atomic mass is 16.7. The fourth-order valence-electron chi connectivity index (χ4n) is 19.9. The number of fused-ring (bicyclic) bond motifs is 9. The highest BCUT2D eigenvalue weighted by Crippen LogP contribution is 2.69. The van der Waals surface area contributed by atoms with E-state index in [1.54, 1.807) is 172 Å². The van der Waals surface area contributed by atoms with E-state index < -0.39 is 207 Å². The van der Waals surface area contributed by atoms with Crippen molar-refractivity contribution in [1.82, 2.24) is 5.32 Å². The van der Waals surface area contributed by atoms with Gasteiger partial charge in [0.25, 0.3) is 5.91 Å². The standard InChI is InChI=1S/C50H57NO14.C33H42O12/c1-27-33(61-45(57)38(54)37(30-18-12-9-13-19-30)51-43(55)31-20-14-10-15-21-31)25-50(58)42(62-44(56)32-22-16-11-17-23-32)40-48(8)34(24-35-49(40,26-59-35)63-29(3)53)64-47(6,7)65-41(48)39(60-28(2)52)36(27)46(50,4)5;1-16-21(42-17(2)34)14-33(40)28(44-29(39)20-11-9-8-10-12-20)26-31(7,22(37)13-23-32(26,15-41-23)45-19(4)36)27(38)25(43-18(3)35)24(16)30(33,5)6/h9-23,33-35,37-42,54,58H,24-26H2,1-8H3,(H,51,55);8-12,21-23,25-28,37-38,40H,13-15H2,1-7H3/t33-,34-,35+,37-,38+,39+,40-,41-,42-,48+,49-,50+;21-,22-,23+,25+,26-,27-,28-,31+,32-,33+/m00/s1. The van der Waals surface area contributed by atoms with Crippen LogP contribution in [0.2, 0.25) is 0 Å². The molecular weight excluding hydrogens is 1430 g/mol. The Balaban J connectivity index is 0.000000219. The van der Waals surface area contributed by atoms with Crippen molar-refractivity contribution in [2.24, 2.45) is 33.5 Å². The number of benzene rings is 4. The Morgan fingerprint density at radius 2 is 0.891 bits per heavy atom. The van der Waals surface area contributed by atoms with Crippen LogP contribution in [0.4, 0.5) is 0 Å². The number of hydrogen-bond acceptors (Lipinski definition) is 26. The third kappa shape index (κ3) is 13.4. The Bertz CT molecular complexity index is 4320. The summed E-state index contributed by atoms with van der Waals surface area (Å²) in [6.07, 6.45) is -17.5. The van der Waals surface area contributed by atoms with Crippen LogP contribution in [0, 0.1) is 33.5 Å². The van der Waals surface area contributed by atoms with Crippen LogP contribution in [0.15, 0.2) is 144 Å². The highest BCUT2D eigenvalue weighted by Gasteiger charge is 2.82. The fraction of sp³-hybridized carbons (Fsp3) is 0.554. The molecule has 6 N–H and O–H groups in total. The monoisotopic (exact) mass is 1530 g/mol. The average molecular weight is 1530 g/mol. The van der Waals surface area contributed by atoms with Crippen LogP contribution >= 0.6 is 0 Å². The number of ether oxygens (including phenoxy) is 12. The Morgan fingerprint density at radius 3 is 1.33 bits per heavy atom. The molecule has 4 aromatic rings. The van der Waals surface area contributed by atoms with Gasteiger partial charge in [-0.2, -0.15) is 0 Å². The van der Waals surface area contributed by atoms with Gasteiger partial charge in [-0.1, -0.05) is 126 Å². The van der Waals surface area contributed by atoms with Gasteiger partial charge in [0, 0.05) is 87.5 Å². The number of esters is 8. The maximum atomic E-state index is 14.5. The zero-order chi connectivity index (χ0) is 80.1. The molecule has 592 valence electrons. The van der Waals surface area contributed by atoms with E-state index in [2.05, 4.69) is 5.32 Å². The van der Waals surface area contributed by atoms with Crippen molar-refractivity contribution in [3.8, 4) is 0 Å². The highest BCUT2D eigenvalue weighted by molar-refractivity contribution is 5.95. The number of carbonyl (C=O) groups excluding carboxylic acids is 9. The molecule has 22 atom stereocenters. The molecule has 6 aliphatic carbocycles. The molecule has 3 aliphatic heterocycles. The van der Waals surface area contributed by atoms with Crippen molar-refractivity contribution in [3.05, 3.63) is 166 Å². The molecule has 13 rings (SSSR count). The van der Waals surface area contributed by atoms with E-state index in [4.69, 9.17) is 56.8 Å². The lowest BCUT2D eigenvalue weighted by Gasteiger charge is -2.71. The molecule has 3 heterocycles. The number of carbonyl (C=O) groups is 9. The molecule has 4 aromatic carbocycles. The SMILES string of the molecule is CC(=O)O[C@@H]1C2=C(C)[C@@H](OC(=O)[C@H](O)[C@@H](NC(=O)c3ccccc3)c3ccccc3)C[C@@](O)([C@@H](OC(=O)c3ccccc3)[C@@H]3[C@]4(OC(C)=O)CO[C@@H]4C[C@@H]4OC(C)(C)O[C@@H]1[C@]43C)C2(C)C.CC(=O)O[C@H]1C[C@@]2(O)[C@@H](OC(=O)c3ccccc3)[C@@H]3[C@]4(OC(C)=O)CO[C@@H]4C[C@H](O)[C@@]3(C)[C@@H](O)[C@H](OC(C)=O)C(=C1C)C2(C)C. The Morgan fingerprint density at radius 1 is 0.482 bits per heavy atom. The van der Waals surface area contributed by atoms with E-state index in [1.807, 2.05) is 6.92 Å². The summed E-state index contributed by atoms with van der Waals surface area (Å²) >= 11 is 0. The molecule has 4 bridgehead atoms. The summed E-state index contributed by atoms with van der Waals surface area (Å²) in [6.45, 7) is 22.7. The number of rotatable bonds is 15. The normalized spacial score (nSPS) is 36.3. The number of hydrogen-bond donors (Lipinski definition) is 6. The summed E-state index contributed by atoms with van der Waals surface area (Å²) in [6, 6.07) is 31.8. The van der Waals surface area contributed by atoms with E-state index in [-0.39, 0.29) is 49.2 Å². The van der Waals surface area contributed by atoms with Crippen molar-refractivity contribution in [2.45, 2.75) is 243 Å². The summed E-state index contributed by atoms with van der Waals surface area (Å²) in [5, 5.41) is 66.1. The lowest BCUT2D eigenvalue weighted by Crippen LogP contribution is -2.84. The van der Waals surface area contributed by atoms with E-state index >= 15 is 0 Å². The number of aliphatic hydroxyl groups is 5. The molecule has 0 aromatic heterocycles. The summed E-state index contributed by atoms with van der Waals surface area (Å²) < 4.78 is 75.0. The van der Waals surface area contributed by atoms with E-state index in [1.165, 1.54) is 46.8 Å². The maximum Gasteiger partial charge on any atom is 0.338 e. The minimum absolute atomic E-state index is 0.0700. The van der Waals surface area contributed by atoms with Crippen molar-refractivity contribution in [1.29, 1.82) is 0 Å². The third-order valence-electron chi connectivity index (χ3n) is 25.2. The first-order chi connectivity index (χ1) is 51.6. The first kappa shape index (κ1) is 80.7. The van der Waals surface area contributed by atoms with Crippen LogP contribution in [-0.4, -0.2) is 200 Å². The van der Waals surface area contributed by atoms with Crippen LogP contribution in [0.5, 0.6) is 0 Å². The first-order valence-corrected chi connectivity index (χ1v) is 37.1. The zero-order valence-electron chi connectivity index (χ0n) is 64.3. The van der Waals surface area contributed by atoms with Gasteiger partial charge in [-0.25, -0.2) is 14.4 Å². The summed E-state index contributed by atoms with van der Waals surface area (Å²) in [4.78, 5) is 121. The second-order valence-electron chi connectivity index (χ2n) is 32.7. The molecule has 27 heteroatoms. The van der Waals surface area contributed by atoms with Crippen LogP contribution in [-0.2, 0) is 85.6 Å². The fourth-order valence-corrected chi connectivity index (χ4v) is 19.9. The van der Waals surface area contributed by atoms with Crippen LogP contribution in [0.3, 0.4) is 0 Å². The van der Waals surface area contributed by atoms with E-state index in [9.17, 15) is 68.7 Å². The van der Waals surface area contributed by atoms with Gasteiger partial charge in [0.2, 0.25) is 0 Å². The zero-order valence-corrected chi connectivity index (χ0v) is 64.3. The molecule has 110 heavy (non-hydrogen) atoms. The molecule has 0 unspecified atom stereocenters. The minimum Gasteiger partial charge on any atom is -0.458 e. The summed E-state index contributed by atoms with van der Waals surface area (Å²) in [5.74, 6) is -10.5. The van der Waals surface area contributed by atoms with Crippen molar-refractivity contribution in [3.63, 3.8) is 0 Å². The van der Waals surface area contributed by atoms with E-state index in [0.717, 1.165) is 0 Å². The van der Waals surface area contributed by atoms with Crippen molar-refractivity contribution >= 4 is 53.7 Å². The number of aliphatic hydroxyl groups excluding tert-OH is 3. The molecule has 0 spiro atoms. The number of amides is 1. The van der Waals surface area contributed by atoms with Crippen LogP contribution < -0.4 is 5.32 Å². The predicted octanol–water partition coefficient (Wildman–Crippen LogP) is 7.34. The first-order valence-electron chi connectivity index (χ1n) is 37.1. The van der Waals surface area contributed by atoms with Gasteiger partial charge in [-0.3, -0.25) is 28.8 Å². The Hall–Kier alpha value is -8.77. The molecule has 4 saturated carbocycles. The average Bonchev–Trinajstić information content (AvgIpc) is 0.669. The number of nitrogens with one attached hydrogen (secondary N) is 1. The van der Waals surface area contributed by atoms with Gasteiger partial charge in [0.15, 0.2) is 35.3 Å². The minimum atomic E-state index is -2.23. The smallest absolute Gasteiger partial charge is 0.338 e. The quantitative estimate of drug-likeness (QED) is 0.0385. The van der Waals surface area contributed by atoms with Gasteiger partial charge < -0.3 is 87.7 Å². The van der Waals surface area contributed by atoms with Gasteiger partial charge in [-0.15, -0.1) is 0 Å². The van der Waals surface area contributed by atoms with Gasteiger partial charge >= 0.3 is 47.8 Å². The molecule has 1 amide bonds. The van der Waals surface area contributed by atoms with Crippen LogP contribution in [0.25, 0.3) is 0 Å². The summed E-state index contributed by atoms with van der Waals surface area (Å²) in [7, 11) is 0. The van der Waals surface area contributed by atoms with Gasteiger partial charge in [0.05, 0.1) is 54.4 Å². The lowest BCUT2D eigenvalue weighted by atomic mass is 9.44. The van der Waals surface area contributed by atoms with Crippen LogP contribution in [0.1, 0.15) is 172 Å². The topological polar surface area (TPSA) is 378 Å². The second kappa shape index (κ2) is 29.4. The molecule has 3 saturated heterocycles. The molecule has 0 radical (unpaired) electrons. The lowest BCUT2D eigenvalue weighted by molar-refractivity contribution is -0.430. The molecule has 9 aliphatic rings. The van der Waals surface area contributed by atoms with Crippen molar-refractivity contribution < 1.29 is 126 Å². The van der Waals surface area contributed by atoms with Crippen molar-refractivity contribution in [2.75, 3.05) is 13.2 Å². The maximum absolute atomic E-state index is 14.5. The third-order valence-corrected chi connectivity index (χ3v) is 25.2. The molecular formula is C83H99NO26. The second-order valence-corrected chi connectivity index (χ2v) is 32.7. The largest absolute Gasteiger partial charge is 0.458 e. The Labute approximate surface area is 637 Å². The predicted molar refractivity (Wildman–Crippen MR) is 386 cm³/mol. The molecule has 27 nitrogen and oxygen atoms in total. The van der Waals surface area contributed by atoms with Gasteiger partial charge in [0.1, 0.15) is 60.0 Å².